The first kappa shape index (κ1) is 13.9. The summed E-state index contributed by atoms with van der Waals surface area (Å²) < 4.78 is 24.8. The Balaban J connectivity index is 2.94. The third kappa shape index (κ3) is 3.18. The molecule has 0 fully saturated rings. The van der Waals surface area contributed by atoms with Gasteiger partial charge in [-0.25, -0.2) is 8.42 Å². The van der Waals surface area contributed by atoms with E-state index in [0.29, 0.717) is 11.7 Å². The van der Waals surface area contributed by atoms with E-state index in [2.05, 4.69) is 10.2 Å². The van der Waals surface area contributed by atoms with E-state index in [1.54, 1.807) is 6.92 Å². The molecule has 0 saturated carbocycles. The van der Waals surface area contributed by atoms with Crippen LogP contribution in [0.25, 0.3) is 0 Å². The van der Waals surface area contributed by atoms with Crippen molar-refractivity contribution in [3.8, 4) is 0 Å². The minimum absolute atomic E-state index is 0.144. The van der Waals surface area contributed by atoms with E-state index in [-0.39, 0.29) is 4.34 Å². The maximum Gasteiger partial charge on any atom is 0.233 e. The van der Waals surface area contributed by atoms with Gasteiger partial charge in [0.15, 0.2) is 4.34 Å². The first-order valence-electron chi connectivity index (χ1n) is 5.12. The van der Waals surface area contributed by atoms with E-state index in [1.165, 1.54) is 11.8 Å². The van der Waals surface area contributed by atoms with E-state index < -0.39 is 15.1 Å². The monoisotopic (exact) mass is 280 g/mol. The molecule has 0 aliphatic carbocycles. The zero-order valence-electron chi connectivity index (χ0n) is 9.80. The third-order valence-electron chi connectivity index (χ3n) is 2.07. The lowest BCUT2D eigenvalue weighted by molar-refractivity contribution is 0.579. The zero-order valence-corrected chi connectivity index (χ0v) is 12.2. The Morgan fingerprint density at radius 1 is 1.31 bits per heavy atom. The highest BCUT2D eigenvalue weighted by molar-refractivity contribution is 8.02. The molecule has 1 aromatic rings. The molecule has 92 valence electrons. The minimum Gasteiger partial charge on any atom is -0.221 e. The van der Waals surface area contributed by atoms with Crippen LogP contribution in [0.2, 0.25) is 0 Å². The Kier molecular flexibility index (Phi) is 4.75. The summed E-state index contributed by atoms with van der Waals surface area (Å²) in [5.41, 5.74) is 0. The largest absolute Gasteiger partial charge is 0.233 e. The molecule has 1 unspecified atom stereocenters. The van der Waals surface area contributed by atoms with Crippen LogP contribution < -0.4 is 0 Å². The van der Waals surface area contributed by atoms with Gasteiger partial charge >= 0.3 is 0 Å². The maximum atomic E-state index is 12.0. The fourth-order valence-corrected chi connectivity index (χ4v) is 5.05. The predicted molar refractivity (Wildman–Crippen MR) is 67.8 cm³/mol. The topological polar surface area (TPSA) is 59.9 Å². The quantitative estimate of drug-likeness (QED) is 0.776. The molecule has 0 aromatic carbocycles. The van der Waals surface area contributed by atoms with Crippen molar-refractivity contribution in [3.63, 3.8) is 0 Å². The molecule has 0 aliphatic rings. The number of rotatable bonds is 5. The first-order valence-corrected chi connectivity index (χ1v) is 8.36. The SMILES string of the molecule is CCC(C)S(=O)(=O)c1nnc(SC(C)C)s1. The van der Waals surface area contributed by atoms with E-state index in [4.69, 9.17) is 0 Å². The van der Waals surface area contributed by atoms with E-state index in [0.717, 1.165) is 15.7 Å². The molecule has 0 N–H and O–H groups in total. The van der Waals surface area contributed by atoms with Gasteiger partial charge in [-0.3, -0.25) is 0 Å². The smallest absolute Gasteiger partial charge is 0.221 e. The van der Waals surface area contributed by atoms with Crippen molar-refractivity contribution in [3.05, 3.63) is 0 Å². The van der Waals surface area contributed by atoms with Gasteiger partial charge in [0.2, 0.25) is 14.2 Å². The van der Waals surface area contributed by atoms with Crippen LogP contribution in [0.1, 0.15) is 34.1 Å². The molecule has 0 saturated heterocycles. The second-order valence-electron chi connectivity index (χ2n) is 3.76. The molecule has 1 aromatic heterocycles. The van der Waals surface area contributed by atoms with Gasteiger partial charge in [0, 0.05) is 5.25 Å². The van der Waals surface area contributed by atoms with Gasteiger partial charge in [-0.2, -0.15) is 0 Å². The number of aromatic nitrogens is 2. The lowest BCUT2D eigenvalue weighted by Gasteiger charge is -2.05. The van der Waals surface area contributed by atoms with Crippen LogP contribution in [0, 0.1) is 0 Å². The highest BCUT2D eigenvalue weighted by Gasteiger charge is 2.26. The first-order chi connectivity index (χ1) is 7.37. The van der Waals surface area contributed by atoms with Crippen LogP contribution in [0.3, 0.4) is 0 Å². The number of nitrogens with zero attached hydrogens (tertiary/aromatic N) is 2. The molecule has 0 bridgehead atoms. The summed E-state index contributed by atoms with van der Waals surface area (Å²) in [4.78, 5) is 0. The van der Waals surface area contributed by atoms with Gasteiger partial charge in [-0.1, -0.05) is 43.9 Å². The van der Waals surface area contributed by atoms with Gasteiger partial charge in [0.05, 0.1) is 5.25 Å². The summed E-state index contributed by atoms with van der Waals surface area (Å²) >= 11 is 2.70. The normalized spacial score (nSPS) is 14.3. The number of thioether (sulfide) groups is 1. The van der Waals surface area contributed by atoms with Crippen molar-refractivity contribution in [2.45, 2.75) is 53.3 Å². The lowest BCUT2D eigenvalue weighted by Crippen LogP contribution is -2.16. The molecule has 0 spiro atoms. The van der Waals surface area contributed by atoms with Crippen LogP contribution >= 0.6 is 23.1 Å². The van der Waals surface area contributed by atoms with Crippen molar-refractivity contribution >= 4 is 32.9 Å². The molecule has 1 atom stereocenters. The second kappa shape index (κ2) is 5.46. The summed E-state index contributed by atoms with van der Waals surface area (Å²) in [5.74, 6) is 0. The molecular formula is C9H16N2O2S3. The average Bonchev–Trinajstić information content (AvgIpc) is 2.64. The van der Waals surface area contributed by atoms with Gasteiger partial charge in [-0.05, 0) is 13.3 Å². The Morgan fingerprint density at radius 3 is 2.44 bits per heavy atom. The summed E-state index contributed by atoms with van der Waals surface area (Å²) in [7, 11) is -3.27. The maximum absolute atomic E-state index is 12.0. The van der Waals surface area contributed by atoms with E-state index in [9.17, 15) is 8.42 Å². The van der Waals surface area contributed by atoms with Crippen molar-refractivity contribution in [1.82, 2.24) is 10.2 Å². The number of hydrogen-bond donors (Lipinski definition) is 0. The van der Waals surface area contributed by atoms with Crippen molar-refractivity contribution in [1.29, 1.82) is 0 Å². The van der Waals surface area contributed by atoms with Crippen LogP contribution in [-0.4, -0.2) is 29.1 Å². The summed E-state index contributed by atoms with van der Waals surface area (Å²) in [5, 5.41) is 7.65. The van der Waals surface area contributed by atoms with Gasteiger partial charge in [-0.15, -0.1) is 10.2 Å². The van der Waals surface area contributed by atoms with Crippen molar-refractivity contribution in [2.75, 3.05) is 0 Å². The fourth-order valence-electron chi connectivity index (χ4n) is 0.953. The van der Waals surface area contributed by atoms with Gasteiger partial charge in [0.25, 0.3) is 0 Å². The summed E-state index contributed by atoms with van der Waals surface area (Å²) in [6.07, 6.45) is 0.592. The summed E-state index contributed by atoms with van der Waals surface area (Å²) in [6, 6.07) is 0. The molecule has 4 nitrogen and oxygen atoms in total. The van der Waals surface area contributed by atoms with Crippen molar-refractivity contribution < 1.29 is 8.42 Å². The van der Waals surface area contributed by atoms with Crippen molar-refractivity contribution in [2.24, 2.45) is 0 Å². The van der Waals surface area contributed by atoms with Crippen LogP contribution in [0.15, 0.2) is 8.68 Å². The molecule has 1 heterocycles. The molecule has 16 heavy (non-hydrogen) atoms. The van der Waals surface area contributed by atoms with Gasteiger partial charge in [0.1, 0.15) is 0 Å². The molecular weight excluding hydrogens is 264 g/mol. The second-order valence-corrected chi connectivity index (χ2v) is 9.11. The highest BCUT2D eigenvalue weighted by Crippen LogP contribution is 2.30. The minimum atomic E-state index is -3.27. The highest BCUT2D eigenvalue weighted by atomic mass is 32.2. The zero-order chi connectivity index (χ0) is 12.3. The Morgan fingerprint density at radius 2 is 1.94 bits per heavy atom. The predicted octanol–water partition coefficient (Wildman–Crippen LogP) is 2.61. The number of hydrogen-bond acceptors (Lipinski definition) is 6. The summed E-state index contributed by atoms with van der Waals surface area (Å²) in [6.45, 7) is 7.63. The Bertz CT molecular complexity index is 439. The molecule has 0 aliphatic heterocycles. The average molecular weight is 280 g/mol. The van der Waals surface area contributed by atoms with Crippen LogP contribution in [0.5, 0.6) is 0 Å². The van der Waals surface area contributed by atoms with E-state index >= 15 is 0 Å². The Labute approximate surface area is 105 Å². The van der Waals surface area contributed by atoms with Crippen LogP contribution in [-0.2, 0) is 9.84 Å². The number of sulfone groups is 1. The fraction of sp³-hybridized carbons (Fsp3) is 0.778. The third-order valence-corrected chi connectivity index (χ3v) is 6.79. The molecule has 1 rings (SSSR count). The Hall–Kier alpha value is -0.140. The molecule has 7 heteroatoms. The van der Waals surface area contributed by atoms with Crippen LogP contribution in [0.4, 0.5) is 0 Å². The standard InChI is InChI=1S/C9H16N2O2S3/c1-5-7(4)16(12,13)9-11-10-8(15-9)14-6(2)3/h6-7H,5H2,1-4H3. The molecule has 0 radical (unpaired) electrons. The lowest BCUT2D eigenvalue weighted by atomic mass is 10.4. The van der Waals surface area contributed by atoms with E-state index in [1.807, 2.05) is 20.8 Å². The van der Waals surface area contributed by atoms with Gasteiger partial charge < -0.3 is 0 Å². The molecule has 0 amide bonds.